The first kappa shape index (κ1) is 15.6. The maximum absolute atomic E-state index is 11.7. The molecule has 2 aromatic carbocycles. The number of rotatable bonds is 6. The number of carbonyl (C=O) groups is 1. The van der Waals surface area contributed by atoms with E-state index < -0.39 is 17.3 Å². The molecule has 116 valence electrons. The molecule has 2 aromatic rings. The summed E-state index contributed by atoms with van der Waals surface area (Å²) in [7, 11) is 1.60. The Morgan fingerprint density at radius 1 is 1.23 bits per heavy atom. The van der Waals surface area contributed by atoms with Gasteiger partial charge in [0, 0.05) is 0 Å². The molecule has 0 fully saturated rings. The van der Waals surface area contributed by atoms with E-state index in [9.17, 15) is 14.9 Å². The Balaban J connectivity index is 2.05. The molecule has 7 nitrogen and oxygen atoms in total. The average molecular weight is 305 g/mol. The van der Waals surface area contributed by atoms with E-state index in [1.807, 2.05) is 30.3 Å². The van der Waals surface area contributed by atoms with E-state index in [0.29, 0.717) is 0 Å². The molecule has 2 rings (SSSR count). The van der Waals surface area contributed by atoms with E-state index in [1.54, 1.807) is 13.2 Å². The Morgan fingerprint density at radius 2 is 1.91 bits per heavy atom. The SMILES string of the molecule is COc1ccc2cc(CC(=O)OC(C)O[N+](=O)[O-])ccc2c1. The van der Waals surface area contributed by atoms with Crippen LogP contribution in [0.4, 0.5) is 0 Å². The van der Waals surface area contributed by atoms with Crippen molar-refractivity contribution < 1.29 is 24.2 Å². The van der Waals surface area contributed by atoms with Crippen molar-refractivity contribution in [3.63, 3.8) is 0 Å². The molecule has 0 aromatic heterocycles. The van der Waals surface area contributed by atoms with Crippen molar-refractivity contribution >= 4 is 16.7 Å². The van der Waals surface area contributed by atoms with Gasteiger partial charge in [0.05, 0.1) is 13.5 Å². The zero-order chi connectivity index (χ0) is 16.1. The van der Waals surface area contributed by atoms with Crippen molar-refractivity contribution in [1.82, 2.24) is 0 Å². The van der Waals surface area contributed by atoms with Gasteiger partial charge < -0.3 is 9.47 Å². The van der Waals surface area contributed by atoms with Gasteiger partial charge in [-0.05, 0) is 35.4 Å². The highest BCUT2D eigenvalue weighted by Gasteiger charge is 2.13. The molecular formula is C15H15NO6. The maximum atomic E-state index is 11.7. The first-order valence-electron chi connectivity index (χ1n) is 6.55. The minimum atomic E-state index is -1.23. The van der Waals surface area contributed by atoms with Crippen LogP contribution in [0, 0.1) is 10.1 Å². The quantitative estimate of drug-likeness (QED) is 0.352. The minimum Gasteiger partial charge on any atom is -0.497 e. The van der Waals surface area contributed by atoms with Gasteiger partial charge in [0.1, 0.15) is 5.75 Å². The van der Waals surface area contributed by atoms with Gasteiger partial charge >= 0.3 is 5.97 Å². The lowest BCUT2D eigenvalue weighted by atomic mass is 10.0. The van der Waals surface area contributed by atoms with Crippen LogP contribution >= 0.6 is 0 Å². The average Bonchev–Trinajstić information content (AvgIpc) is 2.45. The molecule has 22 heavy (non-hydrogen) atoms. The molecule has 0 aliphatic heterocycles. The third-order valence-electron chi connectivity index (χ3n) is 2.99. The smallest absolute Gasteiger partial charge is 0.312 e. The highest BCUT2D eigenvalue weighted by molar-refractivity contribution is 5.85. The van der Waals surface area contributed by atoms with E-state index in [-0.39, 0.29) is 6.42 Å². The van der Waals surface area contributed by atoms with Crippen LogP contribution < -0.4 is 4.74 Å². The molecule has 7 heteroatoms. The first-order chi connectivity index (χ1) is 10.5. The lowest BCUT2D eigenvalue weighted by Crippen LogP contribution is -2.22. The first-order valence-corrected chi connectivity index (χ1v) is 6.55. The number of fused-ring (bicyclic) bond motifs is 1. The fourth-order valence-electron chi connectivity index (χ4n) is 2.05. The number of benzene rings is 2. The van der Waals surface area contributed by atoms with Crippen LogP contribution in [0.3, 0.4) is 0 Å². The molecule has 1 atom stereocenters. The fraction of sp³-hybridized carbons (Fsp3) is 0.267. The summed E-state index contributed by atoms with van der Waals surface area (Å²) in [5.41, 5.74) is 0.746. The van der Waals surface area contributed by atoms with Gasteiger partial charge in [0.15, 0.2) is 0 Å². The number of carbonyl (C=O) groups excluding carboxylic acids is 1. The minimum absolute atomic E-state index is 0.00732. The Bertz CT molecular complexity index is 699. The number of hydrogen-bond acceptors (Lipinski definition) is 6. The molecule has 0 N–H and O–H groups in total. The Kier molecular flexibility index (Phi) is 4.77. The zero-order valence-electron chi connectivity index (χ0n) is 12.1. The van der Waals surface area contributed by atoms with Crippen molar-refractivity contribution in [3.8, 4) is 5.75 Å². The third kappa shape index (κ3) is 4.08. The monoisotopic (exact) mass is 305 g/mol. The summed E-state index contributed by atoms with van der Waals surface area (Å²) in [6.07, 6.45) is -1.22. The van der Waals surface area contributed by atoms with Gasteiger partial charge in [-0.2, -0.15) is 0 Å². The molecule has 1 unspecified atom stereocenters. The summed E-state index contributed by atoms with van der Waals surface area (Å²) in [5, 5.41) is 11.1. The Hall–Kier alpha value is -2.83. The Labute approximate surface area is 126 Å². The van der Waals surface area contributed by atoms with Gasteiger partial charge in [-0.15, -0.1) is 10.1 Å². The molecule has 0 aliphatic rings. The standard InChI is InChI=1S/C15H15NO6/c1-10(22-16(18)19)21-15(17)8-11-3-4-13-9-14(20-2)6-5-12(13)7-11/h3-7,9-10H,8H2,1-2H3. The normalized spacial score (nSPS) is 11.7. The highest BCUT2D eigenvalue weighted by atomic mass is 17.0. The van der Waals surface area contributed by atoms with Crippen LogP contribution in [0.15, 0.2) is 36.4 Å². The highest BCUT2D eigenvalue weighted by Crippen LogP contribution is 2.22. The molecule has 0 radical (unpaired) electrons. The van der Waals surface area contributed by atoms with Crippen LogP contribution in [0.25, 0.3) is 10.8 Å². The second-order valence-electron chi connectivity index (χ2n) is 4.61. The number of ether oxygens (including phenoxy) is 2. The Morgan fingerprint density at radius 3 is 2.59 bits per heavy atom. The summed E-state index contributed by atoms with van der Waals surface area (Å²) in [4.78, 5) is 25.9. The van der Waals surface area contributed by atoms with Crippen LogP contribution in [-0.4, -0.2) is 24.5 Å². The number of methoxy groups -OCH3 is 1. The van der Waals surface area contributed by atoms with Crippen LogP contribution in [0.2, 0.25) is 0 Å². The predicted molar refractivity (Wildman–Crippen MR) is 77.8 cm³/mol. The van der Waals surface area contributed by atoms with Crippen LogP contribution in [0.1, 0.15) is 12.5 Å². The fourth-order valence-corrected chi connectivity index (χ4v) is 2.05. The van der Waals surface area contributed by atoms with Gasteiger partial charge in [-0.25, -0.2) is 0 Å². The van der Waals surface area contributed by atoms with Gasteiger partial charge in [0.25, 0.3) is 5.09 Å². The van der Waals surface area contributed by atoms with Gasteiger partial charge in [-0.1, -0.05) is 24.3 Å². The van der Waals surface area contributed by atoms with Crippen molar-refractivity contribution in [2.75, 3.05) is 7.11 Å². The lowest BCUT2D eigenvalue weighted by molar-refractivity contribution is -0.777. The van der Waals surface area contributed by atoms with E-state index >= 15 is 0 Å². The number of esters is 1. The van der Waals surface area contributed by atoms with Crippen molar-refractivity contribution in [3.05, 3.63) is 52.1 Å². The summed E-state index contributed by atoms with van der Waals surface area (Å²) in [5.74, 6) is 0.160. The third-order valence-corrected chi connectivity index (χ3v) is 2.99. The summed E-state index contributed by atoms with van der Waals surface area (Å²) >= 11 is 0. The van der Waals surface area contributed by atoms with E-state index in [0.717, 1.165) is 22.1 Å². The molecule has 0 amide bonds. The topological polar surface area (TPSA) is 87.9 Å². The second kappa shape index (κ2) is 6.75. The van der Waals surface area contributed by atoms with E-state index in [1.165, 1.54) is 6.92 Å². The van der Waals surface area contributed by atoms with Crippen molar-refractivity contribution in [2.45, 2.75) is 19.6 Å². The van der Waals surface area contributed by atoms with Crippen molar-refractivity contribution in [1.29, 1.82) is 0 Å². The largest absolute Gasteiger partial charge is 0.497 e. The molecule has 0 bridgehead atoms. The maximum Gasteiger partial charge on any atom is 0.312 e. The van der Waals surface area contributed by atoms with Crippen LogP contribution in [0.5, 0.6) is 5.75 Å². The predicted octanol–water partition coefficient (Wildman–Crippen LogP) is 2.49. The summed E-state index contributed by atoms with van der Waals surface area (Å²) in [6, 6.07) is 11.1. The molecule has 0 spiro atoms. The zero-order valence-corrected chi connectivity index (χ0v) is 12.1. The molecule has 0 saturated carbocycles. The van der Waals surface area contributed by atoms with E-state index in [2.05, 4.69) is 4.84 Å². The van der Waals surface area contributed by atoms with E-state index in [4.69, 9.17) is 9.47 Å². The van der Waals surface area contributed by atoms with Crippen LogP contribution in [-0.2, 0) is 20.8 Å². The second-order valence-corrected chi connectivity index (χ2v) is 4.61. The lowest BCUT2D eigenvalue weighted by Gasteiger charge is -2.11. The summed E-state index contributed by atoms with van der Waals surface area (Å²) in [6.45, 7) is 1.29. The molecular weight excluding hydrogens is 290 g/mol. The van der Waals surface area contributed by atoms with Gasteiger partial charge in [0.2, 0.25) is 6.29 Å². The number of hydrogen-bond donors (Lipinski definition) is 0. The van der Waals surface area contributed by atoms with Gasteiger partial charge in [-0.3, -0.25) is 9.63 Å². The molecule has 0 heterocycles. The summed E-state index contributed by atoms with van der Waals surface area (Å²) < 4.78 is 9.94. The van der Waals surface area contributed by atoms with Crippen molar-refractivity contribution in [2.24, 2.45) is 0 Å². The molecule has 0 saturated heterocycles. The molecule has 0 aliphatic carbocycles. The number of nitrogens with zero attached hydrogens (tertiary/aromatic N) is 1.